The van der Waals surface area contributed by atoms with Crippen LogP contribution in [0.2, 0.25) is 0 Å². The summed E-state index contributed by atoms with van der Waals surface area (Å²) in [4.78, 5) is 13.3. The number of nitrogens with zero attached hydrogens (tertiary/aromatic N) is 1. The van der Waals surface area contributed by atoms with Crippen LogP contribution >= 0.6 is 0 Å². The lowest BCUT2D eigenvalue weighted by atomic mass is 10.1. The highest BCUT2D eigenvalue weighted by Crippen LogP contribution is 2.36. The predicted molar refractivity (Wildman–Crippen MR) is 44.0 cm³/mol. The van der Waals surface area contributed by atoms with Crippen molar-refractivity contribution in [2.75, 3.05) is 5.73 Å². The maximum absolute atomic E-state index is 12.4. The molecule has 16 heavy (non-hydrogen) atoms. The van der Waals surface area contributed by atoms with Gasteiger partial charge in [0.1, 0.15) is 0 Å². The van der Waals surface area contributed by atoms with Gasteiger partial charge in [-0.3, -0.25) is 4.79 Å². The van der Waals surface area contributed by atoms with Gasteiger partial charge in [0.2, 0.25) is 0 Å². The number of carbonyl (C=O) groups is 1. The molecule has 1 heterocycles. The highest BCUT2D eigenvalue weighted by molar-refractivity contribution is 5.82. The first-order valence-electron chi connectivity index (χ1n) is 3.88. The van der Waals surface area contributed by atoms with Crippen LogP contribution in [0.5, 0.6) is 0 Å². The van der Waals surface area contributed by atoms with E-state index >= 15 is 0 Å². The average molecular weight is 240 g/mol. The Morgan fingerprint density at radius 2 is 1.94 bits per heavy atom. The molecule has 0 saturated heterocycles. The Labute approximate surface area is 86.1 Å². The molecule has 0 aliphatic heterocycles. The van der Waals surface area contributed by atoms with Crippen LogP contribution in [0.3, 0.4) is 0 Å². The van der Waals surface area contributed by atoms with Gasteiger partial charge >= 0.3 is 6.18 Å². The lowest BCUT2D eigenvalue weighted by Crippen LogP contribution is -2.15. The summed E-state index contributed by atoms with van der Waals surface area (Å²) < 4.78 is 61.7. The molecular weight excluding hydrogens is 235 g/mol. The van der Waals surface area contributed by atoms with E-state index in [1.807, 2.05) is 0 Å². The number of alkyl halides is 5. The second-order valence-electron chi connectivity index (χ2n) is 2.81. The van der Waals surface area contributed by atoms with Crippen molar-refractivity contribution in [2.24, 2.45) is 0 Å². The van der Waals surface area contributed by atoms with Crippen molar-refractivity contribution in [2.45, 2.75) is 12.6 Å². The van der Waals surface area contributed by atoms with Crippen molar-refractivity contribution in [3.05, 3.63) is 23.0 Å². The fourth-order valence-corrected chi connectivity index (χ4v) is 1.14. The number of nitrogen functional groups attached to an aromatic ring is 1. The number of aromatic nitrogens is 1. The summed E-state index contributed by atoms with van der Waals surface area (Å²) in [5.41, 5.74) is 0.372. The Morgan fingerprint density at radius 1 is 1.38 bits per heavy atom. The smallest absolute Gasteiger partial charge is 0.397 e. The minimum atomic E-state index is -4.98. The Balaban J connectivity index is 3.56. The van der Waals surface area contributed by atoms with E-state index in [1.54, 1.807) is 0 Å². The zero-order valence-corrected chi connectivity index (χ0v) is 7.55. The topological polar surface area (TPSA) is 56.0 Å². The third kappa shape index (κ3) is 2.10. The van der Waals surface area contributed by atoms with E-state index in [4.69, 9.17) is 5.73 Å². The minimum absolute atomic E-state index is 0.326. The minimum Gasteiger partial charge on any atom is -0.397 e. The summed E-state index contributed by atoms with van der Waals surface area (Å²) in [5, 5.41) is 0. The van der Waals surface area contributed by atoms with Crippen LogP contribution < -0.4 is 5.73 Å². The van der Waals surface area contributed by atoms with Crippen LogP contribution in [-0.2, 0) is 6.18 Å². The zero-order valence-electron chi connectivity index (χ0n) is 7.55. The Bertz CT molecular complexity index is 416. The number of aldehydes is 1. The fraction of sp³-hybridized carbons (Fsp3) is 0.250. The van der Waals surface area contributed by atoms with Gasteiger partial charge in [0.15, 0.2) is 12.0 Å². The molecule has 0 unspecified atom stereocenters. The van der Waals surface area contributed by atoms with Crippen LogP contribution in [0, 0.1) is 0 Å². The second-order valence-corrected chi connectivity index (χ2v) is 2.81. The first-order valence-corrected chi connectivity index (χ1v) is 3.88. The summed E-state index contributed by atoms with van der Waals surface area (Å²) in [5.74, 6) is 0. The molecular formula is C8H5F5N2O. The monoisotopic (exact) mass is 240 g/mol. The number of anilines is 1. The standard InChI is InChI=1S/C8H5F5N2O/c9-7(10)5-3(2-16)6(8(11,12)13)15-1-4(5)14/h1-2,7H,14H2. The third-order valence-corrected chi connectivity index (χ3v) is 1.79. The number of rotatable bonds is 2. The van der Waals surface area contributed by atoms with Crippen molar-refractivity contribution < 1.29 is 26.7 Å². The van der Waals surface area contributed by atoms with Crippen molar-refractivity contribution in [3.8, 4) is 0 Å². The Kier molecular flexibility index (Phi) is 3.11. The van der Waals surface area contributed by atoms with E-state index in [-0.39, 0.29) is 6.29 Å². The molecule has 0 aromatic carbocycles. The van der Waals surface area contributed by atoms with Gasteiger partial charge in [-0.15, -0.1) is 0 Å². The van der Waals surface area contributed by atoms with E-state index in [2.05, 4.69) is 4.98 Å². The molecule has 0 saturated carbocycles. The van der Waals surface area contributed by atoms with Crippen LogP contribution in [0.1, 0.15) is 28.0 Å². The van der Waals surface area contributed by atoms with Gasteiger partial charge in [-0.2, -0.15) is 13.2 Å². The largest absolute Gasteiger partial charge is 0.434 e. The molecule has 0 amide bonds. The van der Waals surface area contributed by atoms with Gasteiger partial charge in [0.05, 0.1) is 23.0 Å². The van der Waals surface area contributed by atoms with Gasteiger partial charge in [-0.05, 0) is 0 Å². The molecule has 3 nitrogen and oxygen atoms in total. The number of carbonyl (C=O) groups excluding carboxylic acids is 1. The van der Waals surface area contributed by atoms with Gasteiger partial charge in [0, 0.05) is 0 Å². The Hall–Kier alpha value is -1.73. The van der Waals surface area contributed by atoms with Gasteiger partial charge < -0.3 is 5.73 Å². The van der Waals surface area contributed by atoms with Crippen LogP contribution in [0.15, 0.2) is 6.20 Å². The van der Waals surface area contributed by atoms with Crippen molar-refractivity contribution in [1.29, 1.82) is 0 Å². The van der Waals surface area contributed by atoms with Gasteiger partial charge in [-0.25, -0.2) is 13.8 Å². The number of hydrogen-bond acceptors (Lipinski definition) is 3. The summed E-state index contributed by atoms with van der Waals surface area (Å²) in [7, 11) is 0. The Morgan fingerprint density at radius 3 is 2.31 bits per heavy atom. The predicted octanol–water partition coefficient (Wildman–Crippen LogP) is 2.43. The highest BCUT2D eigenvalue weighted by atomic mass is 19.4. The van der Waals surface area contributed by atoms with E-state index in [9.17, 15) is 26.7 Å². The second kappa shape index (κ2) is 4.03. The summed E-state index contributed by atoms with van der Waals surface area (Å²) >= 11 is 0. The molecule has 0 fully saturated rings. The lowest BCUT2D eigenvalue weighted by molar-refractivity contribution is -0.141. The molecule has 1 aromatic heterocycles. The highest BCUT2D eigenvalue weighted by Gasteiger charge is 2.38. The molecule has 1 rings (SSSR count). The van der Waals surface area contributed by atoms with Gasteiger partial charge in [0.25, 0.3) is 6.43 Å². The van der Waals surface area contributed by atoms with Crippen LogP contribution in [0.25, 0.3) is 0 Å². The van der Waals surface area contributed by atoms with E-state index in [0.717, 1.165) is 0 Å². The van der Waals surface area contributed by atoms with Gasteiger partial charge in [-0.1, -0.05) is 0 Å². The molecule has 0 bridgehead atoms. The lowest BCUT2D eigenvalue weighted by Gasteiger charge is -2.13. The van der Waals surface area contributed by atoms with Crippen molar-refractivity contribution in [3.63, 3.8) is 0 Å². The van der Waals surface area contributed by atoms with Crippen molar-refractivity contribution in [1.82, 2.24) is 4.98 Å². The SMILES string of the molecule is Nc1cnc(C(F)(F)F)c(C=O)c1C(F)F. The summed E-state index contributed by atoms with van der Waals surface area (Å²) in [6.45, 7) is 0. The number of nitrogens with two attached hydrogens (primary N) is 1. The molecule has 1 aromatic rings. The molecule has 0 spiro atoms. The van der Waals surface area contributed by atoms with E-state index < -0.39 is 35.1 Å². The molecule has 2 N–H and O–H groups in total. The molecule has 0 radical (unpaired) electrons. The maximum atomic E-state index is 12.4. The van der Waals surface area contributed by atoms with E-state index in [1.165, 1.54) is 0 Å². The molecule has 88 valence electrons. The molecule has 8 heteroatoms. The fourth-order valence-electron chi connectivity index (χ4n) is 1.14. The first kappa shape index (κ1) is 12.3. The number of pyridine rings is 1. The maximum Gasteiger partial charge on any atom is 0.434 e. The molecule has 0 atom stereocenters. The summed E-state index contributed by atoms with van der Waals surface area (Å²) in [6.07, 6.45) is -8.12. The quantitative estimate of drug-likeness (QED) is 0.638. The number of halogens is 5. The third-order valence-electron chi connectivity index (χ3n) is 1.79. The number of hydrogen-bond donors (Lipinski definition) is 1. The first-order chi connectivity index (χ1) is 7.29. The van der Waals surface area contributed by atoms with Crippen LogP contribution in [-0.4, -0.2) is 11.3 Å². The van der Waals surface area contributed by atoms with Crippen LogP contribution in [0.4, 0.5) is 27.6 Å². The normalized spacial score (nSPS) is 11.9. The molecule has 0 aliphatic rings. The van der Waals surface area contributed by atoms with Crippen molar-refractivity contribution >= 4 is 12.0 Å². The van der Waals surface area contributed by atoms with E-state index in [0.29, 0.717) is 6.20 Å². The summed E-state index contributed by atoms with van der Waals surface area (Å²) in [6, 6.07) is 0. The zero-order chi connectivity index (χ0) is 12.5. The average Bonchev–Trinajstić information content (AvgIpc) is 2.14. The molecule has 0 aliphatic carbocycles.